The van der Waals surface area contributed by atoms with Crippen LogP contribution in [-0.4, -0.2) is 6.10 Å². The maximum Gasteiger partial charge on any atom is 0.156 e. The Labute approximate surface area is 144 Å². The van der Waals surface area contributed by atoms with Gasteiger partial charge in [-0.3, -0.25) is 0 Å². The highest BCUT2D eigenvalue weighted by Crippen LogP contribution is 2.35. The van der Waals surface area contributed by atoms with Crippen LogP contribution in [0.15, 0.2) is 30.3 Å². The highest BCUT2D eigenvalue weighted by Gasteiger charge is 2.11. The SMILES string of the molecule is CC(C)Oc1c(Cl)cc(CNc2ccc(F)c(Cl)c2)cc1Cl. The molecule has 1 N–H and O–H groups in total. The van der Waals surface area contributed by atoms with Crippen molar-refractivity contribution in [2.75, 3.05) is 5.32 Å². The van der Waals surface area contributed by atoms with E-state index in [0.29, 0.717) is 28.0 Å². The average molecular weight is 363 g/mol. The van der Waals surface area contributed by atoms with Gasteiger partial charge in [-0.05, 0) is 49.7 Å². The van der Waals surface area contributed by atoms with E-state index in [2.05, 4.69) is 5.32 Å². The first kappa shape index (κ1) is 17.2. The molecule has 0 atom stereocenters. The number of anilines is 1. The van der Waals surface area contributed by atoms with E-state index in [4.69, 9.17) is 39.5 Å². The van der Waals surface area contributed by atoms with Crippen LogP contribution in [0.2, 0.25) is 15.1 Å². The van der Waals surface area contributed by atoms with Crippen molar-refractivity contribution in [2.45, 2.75) is 26.5 Å². The molecule has 0 saturated carbocycles. The Kier molecular flexibility index (Phi) is 5.79. The summed E-state index contributed by atoms with van der Waals surface area (Å²) in [5.41, 5.74) is 1.59. The van der Waals surface area contributed by atoms with E-state index in [0.717, 1.165) is 5.56 Å². The second kappa shape index (κ2) is 7.40. The van der Waals surface area contributed by atoms with E-state index in [1.807, 2.05) is 13.8 Å². The largest absolute Gasteiger partial charge is 0.488 e. The van der Waals surface area contributed by atoms with Crippen LogP contribution in [0.25, 0.3) is 0 Å². The van der Waals surface area contributed by atoms with Crippen molar-refractivity contribution in [3.63, 3.8) is 0 Å². The molecule has 2 aromatic carbocycles. The van der Waals surface area contributed by atoms with Crippen LogP contribution >= 0.6 is 34.8 Å². The fourth-order valence-electron chi connectivity index (χ4n) is 1.87. The average Bonchev–Trinajstić information content (AvgIpc) is 2.44. The van der Waals surface area contributed by atoms with E-state index >= 15 is 0 Å². The molecular weight excluding hydrogens is 348 g/mol. The van der Waals surface area contributed by atoms with Crippen LogP contribution in [0.1, 0.15) is 19.4 Å². The zero-order valence-electron chi connectivity index (χ0n) is 12.1. The van der Waals surface area contributed by atoms with Gasteiger partial charge < -0.3 is 10.1 Å². The van der Waals surface area contributed by atoms with Crippen LogP contribution in [0, 0.1) is 5.82 Å². The number of hydrogen-bond acceptors (Lipinski definition) is 2. The molecule has 0 fully saturated rings. The van der Waals surface area contributed by atoms with Crippen molar-refractivity contribution in [3.05, 3.63) is 56.8 Å². The van der Waals surface area contributed by atoms with Crippen LogP contribution in [0.3, 0.4) is 0 Å². The molecule has 2 aromatic rings. The number of halogens is 4. The molecule has 0 saturated heterocycles. The van der Waals surface area contributed by atoms with Gasteiger partial charge in [-0.2, -0.15) is 0 Å². The lowest BCUT2D eigenvalue weighted by atomic mass is 10.2. The van der Waals surface area contributed by atoms with Crippen molar-refractivity contribution in [1.82, 2.24) is 0 Å². The molecule has 0 aliphatic carbocycles. The van der Waals surface area contributed by atoms with Crippen molar-refractivity contribution in [3.8, 4) is 5.75 Å². The normalized spacial score (nSPS) is 10.9. The standard InChI is InChI=1S/C16H15Cl3FNO/c1-9(2)22-16-13(18)5-10(6-14(16)19)8-21-11-3-4-15(20)12(17)7-11/h3-7,9,21H,8H2,1-2H3. The maximum absolute atomic E-state index is 13.1. The smallest absolute Gasteiger partial charge is 0.156 e. The summed E-state index contributed by atoms with van der Waals surface area (Å²) in [6, 6.07) is 8.01. The number of nitrogens with one attached hydrogen (secondary N) is 1. The van der Waals surface area contributed by atoms with Gasteiger partial charge in [0.05, 0.1) is 21.2 Å². The number of ether oxygens (including phenoxy) is 1. The highest BCUT2D eigenvalue weighted by atomic mass is 35.5. The van der Waals surface area contributed by atoms with Crippen molar-refractivity contribution >= 4 is 40.5 Å². The molecule has 22 heavy (non-hydrogen) atoms. The molecule has 0 radical (unpaired) electrons. The molecule has 0 unspecified atom stereocenters. The first-order chi connectivity index (χ1) is 10.4. The second-order valence-corrected chi connectivity index (χ2v) is 6.26. The van der Waals surface area contributed by atoms with E-state index < -0.39 is 5.82 Å². The third-order valence-electron chi connectivity index (χ3n) is 2.83. The van der Waals surface area contributed by atoms with Gasteiger partial charge in [0.15, 0.2) is 5.75 Å². The fourth-order valence-corrected chi connectivity index (χ4v) is 2.67. The maximum atomic E-state index is 13.1. The highest BCUT2D eigenvalue weighted by molar-refractivity contribution is 6.37. The Morgan fingerprint density at radius 1 is 1.05 bits per heavy atom. The number of benzene rings is 2. The Morgan fingerprint density at radius 2 is 1.68 bits per heavy atom. The van der Waals surface area contributed by atoms with Gasteiger partial charge in [0.1, 0.15) is 5.82 Å². The molecular formula is C16H15Cl3FNO. The van der Waals surface area contributed by atoms with Gasteiger partial charge in [0, 0.05) is 12.2 Å². The zero-order valence-corrected chi connectivity index (χ0v) is 14.4. The number of hydrogen-bond donors (Lipinski definition) is 1. The summed E-state index contributed by atoms with van der Waals surface area (Å²) in [7, 11) is 0. The van der Waals surface area contributed by atoms with Gasteiger partial charge in [-0.1, -0.05) is 34.8 Å². The quantitative estimate of drug-likeness (QED) is 0.685. The molecule has 2 rings (SSSR count). The van der Waals surface area contributed by atoms with Gasteiger partial charge in [0.25, 0.3) is 0 Å². The topological polar surface area (TPSA) is 21.3 Å². The molecule has 2 nitrogen and oxygen atoms in total. The summed E-state index contributed by atoms with van der Waals surface area (Å²) >= 11 is 18.1. The van der Waals surface area contributed by atoms with Crippen molar-refractivity contribution in [1.29, 1.82) is 0 Å². The Balaban J connectivity index is 2.11. The Bertz CT molecular complexity index is 653. The summed E-state index contributed by atoms with van der Waals surface area (Å²) in [6.07, 6.45) is -0.0136. The summed E-state index contributed by atoms with van der Waals surface area (Å²) in [6.45, 7) is 4.28. The first-order valence-electron chi connectivity index (χ1n) is 6.70. The fraction of sp³-hybridized carbons (Fsp3) is 0.250. The van der Waals surface area contributed by atoms with Gasteiger partial charge in [-0.15, -0.1) is 0 Å². The molecule has 0 bridgehead atoms. The molecule has 0 aromatic heterocycles. The third-order valence-corrected chi connectivity index (χ3v) is 3.68. The van der Waals surface area contributed by atoms with Crippen molar-refractivity contribution < 1.29 is 9.13 Å². The minimum Gasteiger partial charge on any atom is -0.488 e. The molecule has 0 spiro atoms. The lowest BCUT2D eigenvalue weighted by Gasteiger charge is -2.15. The van der Waals surface area contributed by atoms with Crippen LogP contribution in [-0.2, 0) is 6.54 Å². The van der Waals surface area contributed by atoms with Gasteiger partial charge in [-0.25, -0.2) is 4.39 Å². The predicted molar refractivity (Wildman–Crippen MR) is 91.0 cm³/mol. The van der Waals surface area contributed by atoms with Crippen molar-refractivity contribution in [2.24, 2.45) is 0 Å². The summed E-state index contributed by atoms with van der Waals surface area (Å²) in [4.78, 5) is 0. The van der Waals surface area contributed by atoms with E-state index in [1.54, 1.807) is 18.2 Å². The molecule has 6 heteroatoms. The zero-order chi connectivity index (χ0) is 16.3. The first-order valence-corrected chi connectivity index (χ1v) is 7.83. The molecule has 0 amide bonds. The monoisotopic (exact) mass is 361 g/mol. The Hall–Kier alpha value is -1.16. The summed E-state index contributed by atoms with van der Waals surface area (Å²) < 4.78 is 18.7. The minimum absolute atomic E-state index is 0.0136. The second-order valence-electron chi connectivity index (χ2n) is 5.04. The summed E-state index contributed by atoms with van der Waals surface area (Å²) in [5.74, 6) is 0.0282. The van der Waals surface area contributed by atoms with Crippen LogP contribution < -0.4 is 10.1 Å². The minimum atomic E-state index is -0.450. The van der Waals surface area contributed by atoms with E-state index in [9.17, 15) is 4.39 Å². The van der Waals surface area contributed by atoms with Gasteiger partial charge in [0.2, 0.25) is 0 Å². The summed E-state index contributed by atoms with van der Waals surface area (Å²) in [5, 5.41) is 4.11. The lowest BCUT2D eigenvalue weighted by Crippen LogP contribution is -2.07. The molecule has 0 aliphatic rings. The molecule has 118 valence electrons. The van der Waals surface area contributed by atoms with Crippen LogP contribution in [0.4, 0.5) is 10.1 Å². The molecule has 0 heterocycles. The van der Waals surface area contributed by atoms with Crippen LogP contribution in [0.5, 0.6) is 5.75 Å². The van der Waals surface area contributed by atoms with E-state index in [-0.39, 0.29) is 11.1 Å². The van der Waals surface area contributed by atoms with Gasteiger partial charge >= 0.3 is 0 Å². The molecule has 0 aliphatic heterocycles. The predicted octanol–water partition coefficient (Wildman–Crippen LogP) is 6.19. The van der Waals surface area contributed by atoms with E-state index in [1.165, 1.54) is 12.1 Å². The number of rotatable bonds is 5. The Morgan fingerprint density at radius 3 is 2.23 bits per heavy atom. The third kappa shape index (κ3) is 4.42. The lowest BCUT2D eigenvalue weighted by molar-refractivity contribution is 0.242.